The van der Waals surface area contributed by atoms with Gasteiger partial charge in [-0.25, -0.2) is 0 Å². The molecule has 0 amide bonds. The number of carbonyl (C=O) groups is 1. The molecule has 0 aliphatic carbocycles. The molecule has 0 aromatic heterocycles. The van der Waals surface area contributed by atoms with Crippen molar-refractivity contribution in [2.24, 2.45) is 0 Å². The van der Waals surface area contributed by atoms with E-state index in [9.17, 15) is 4.79 Å². The second kappa shape index (κ2) is 12.2. The first kappa shape index (κ1) is 22.7. The number of Topliss-reactive ketones (excluding diaryl/α,β-unsaturated/α-hetero) is 1. The summed E-state index contributed by atoms with van der Waals surface area (Å²) in [5.41, 5.74) is 0.693. The number of carbonyl (C=O) groups excluding carboxylic acids is 1. The zero-order valence-electron chi connectivity index (χ0n) is 15.6. The lowest BCUT2D eigenvalue weighted by Crippen LogP contribution is -2.41. The molecular formula is C19H32ClNO3. The third kappa shape index (κ3) is 5.99. The van der Waals surface area contributed by atoms with Crippen LogP contribution in [0.3, 0.4) is 0 Å². The number of rotatable bonds is 11. The lowest BCUT2D eigenvalue weighted by atomic mass is 9.97. The van der Waals surface area contributed by atoms with Gasteiger partial charge in [-0.2, -0.15) is 0 Å². The maximum Gasteiger partial charge on any atom is 0.180 e. The Morgan fingerprint density at radius 3 is 2.29 bits per heavy atom. The van der Waals surface area contributed by atoms with Crippen molar-refractivity contribution in [2.45, 2.75) is 53.0 Å². The largest absolute Gasteiger partial charge is 0.493 e. The second-order valence-electron chi connectivity index (χ2n) is 5.54. The summed E-state index contributed by atoms with van der Waals surface area (Å²) >= 11 is 0. The third-order valence-electron chi connectivity index (χ3n) is 4.13. The molecule has 1 rings (SSSR count). The van der Waals surface area contributed by atoms with Crippen molar-refractivity contribution in [1.29, 1.82) is 0 Å². The van der Waals surface area contributed by atoms with Gasteiger partial charge in [-0.05, 0) is 44.6 Å². The standard InChI is InChI=1S/C19H31NO3.ClH/c1-6-10-11-16(20(7-2)8-3)19(21)15-12-13-17(23-9-4)18(14-15)22-5;/h12-14,16H,6-11H2,1-5H3;1H. The quantitative estimate of drug-likeness (QED) is 0.542. The van der Waals surface area contributed by atoms with Gasteiger partial charge in [0.1, 0.15) is 0 Å². The zero-order chi connectivity index (χ0) is 17.2. The molecule has 0 N–H and O–H groups in total. The minimum Gasteiger partial charge on any atom is -0.493 e. The normalized spacial score (nSPS) is 11.8. The van der Waals surface area contributed by atoms with Gasteiger partial charge >= 0.3 is 0 Å². The smallest absolute Gasteiger partial charge is 0.180 e. The number of ether oxygens (including phenoxy) is 2. The molecule has 0 aliphatic rings. The number of hydrogen-bond donors (Lipinski definition) is 0. The fourth-order valence-corrected chi connectivity index (χ4v) is 2.83. The van der Waals surface area contributed by atoms with Crippen molar-refractivity contribution in [1.82, 2.24) is 4.90 Å². The first-order valence-electron chi connectivity index (χ1n) is 8.71. The predicted octanol–water partition coefficient (Wildman–Crippen LogP) is 4.60. The molecule has 0 aliphatic heterocycles. The van der Waals surface area contributed by atoms with Crippen LogP contribution in [0.2, 0.25) is 0 Å². The Morgan fingerprint density at radius 2 is 1.79 bits per heavy atom. The molecular weight excluding hydrogens is 326 g/mol. The summed E-state index contributed by atoms with van der Waals surface area (Å²) in [6, 6.07) is 5.41. The van der Waals surface area contributed by atoms with Gasteiger partial charge in [0.15, 0.2) is 17.3 Å². The summed E-state index contributed by atoms with van der Waals surface area (Å²) in [6.07, 6.45) is 3.05. The lowest BCUT2D eigenvalue weighted by molar-refractivity contribution is 0.0816. The van der Waals surface area contributed by atoms with Crippen LogP contribution in [0, 0.1) is 0 Å². The Labute approximate surface area is 152 Å². The van der Waals surface area contributed by atoms with E-state index in [4.69, 9.17) is 9.47 Å². The SMILES string of the molecule is CCCCC(C(=O)c1ccc(OCC)c(OC)c1)N(CC)CC.Cl. The van der Waals surface area contributed by atoms with Crippen molar-refractivity contribution in [3.8, 4) is 11.5 Å². The highest BCUT2D eigenvalue weighted by atomic mass is 35.5. The molecule has 0 spiro atoms. The molecule has 4 nitrogen and oxygen atoms in total. The number of halogens is 1. The van der Waals surface area contributed by atoms with E-state index < -0.39 is 0 Å². The molecule has 1 atom stereocenters. The lowest BCUT2D eigenvalue weighted by Gasteiger charge is -2.28. The Kier molecular flexibility index (Phi) is 11.5. The fourth-order valence-electron chi connectivity index (χ4n) is 2.83. The average molecular weight is 358 g/mol. The van der Waals surface area contributed by atoms with E-state index in [2.05, 4.69) is 25.7 Å². The average Bonchev–Trinajstić information content (AvgIpc) is 2.58. The van der Waals surface area contributed by atoms with Crippen LogP contribution in [0.4, 0.5) is 0 Å². The molecule has 138 valence electrons. The van der Waals surface area contributed by atoms with E-state index in [1.165, 1.54) is 0 Å². The number of methoxy groups -OCH3 is 1. The number of likely N-dealkylation sites (N-methyl/N-ethyl adjacent to an activating group) is 1. The van der Waals surface area contributed by atoms with Gasteiger partial charge < -0.3 is 9.47 Å². The van der Waals surface area contributed by atoms with Crippen molar-refractivity contribution in [3.63, 3.8) is 0 Å². The summed E-state index contributed by atoms with van der Waals surface area (Å²) < 4.78 is 10.9. The van der Waals surface area contributed by atoms with Crippen LogP contribution < -0.4 is 9.47 Å². The van der Waals surface area contributed by atoms with Crippen LogP contribution >= 0.6 is 12.4 Å². The first-order chi connectivity index (χ1) is 11.1. The highest BCUT2D eigenvalue weighted by Crippen LogP contribution is 2.29. The van der Waals surface area contributed by atoms with E-state index in [1.807, 2.05) is 19.1 Å². The van der Waals surface area contributed by atoms with Gasteiger partial charge in [0.25, 0.3) is 0 Å². The summed E-state index contributed by atoms with van der Waals surface area (Å²) in [6.45, 7) is 10.6. The highest BCUT2D eigenvalue weighted by Gasteiger charge is 2.25. The predicted molar refractivity (Wildman–Crippen MR) is 102 cm³/mol. The summed E-state index contributed by atoms with van der Waals surface area (Å²) in [5, 5.41) is 0. The fraction of sp³-hybridized carbons (Fsp3) is 0.632. The molecule has 0 fully saturated rings. The molecule has 0 heterocycles. The molecule has 5 heteroatoms. The molecule has 1 aromatic carbocycles. The maximum absolute atomic E-state index is 13.0. The van der Waals surface area contributed by atoms with Gasteiger partial charge in [0.05, 0.1) is 19.8 Å². The summed E-state index contributed by atoms with van der Waals surface area (Å²) in [7, 11) is 1.60. The van der Waals surface area contributed by atoms with Crippen LogP contribution in [0.15, 0.2) is 18.2 Å². The molecule has 1 unspecified atom stereocenters. The van der Waals surface area contributed by atoms with Gasteiger partial charge in [-0.15, -0.1) is 12.4 Å². The zero-order valence-corrected chi connectivity index (χ0v) is 16.4. The molecule has 1 aromatic rings. The van der Waals surface area contributed by atoms with E-state index in [-0.39, 0.29) is 24.2 Å². The summed E-state index contributed by atoms with van der Waals surface area (Å²) in [5.74, 6) is 1.47. The van der Waals surface area contributed by atoms with E-state index in [0.29, 0.717) is 23.7 Å². The van der Waals surface area contributed by atoms with Crippen LogP contribution in [-0.2, 0) is 0 Å². The van der Waals surface area contributed by atoms with Crippen molar-refractivity contribution < 1.29 is 14.3 Å². The first-order valence-corrected chi connectivity index (χ1v) is 8.71. The van der Waals surface area contributed by atoms with Gasteiger partial charge in [-0.3, -0.25) is 9.69 Å². The maximum atomic E-state index is 13.0. The highest BCUT2D eigenvalue weighted by molar-refractivity contribution is 6.00. The third-order valence-corrected chi connectivity index (χ3v) is 4.13. The molecule has 24 heavy (non-hydrogen) atoms. The van der Waals surface area contributed by atoms with Gasteiger partial charge in [-0.1, -0.05) is 33.6 Å². The molecule has 0 saturated carbocycles. The number of benzene rings is 1. The Bertz CT molecular complexity index is 490. The molecule has 0 saturated heterocycles. The van der Waals surface area contributed by atoms with E-state index in [0.717, 1.165) is 32.4 Å². The number of nitrogens with zero attached hydrogens (tertiary/aromatic N) is 1. The topological polar surface area (TPSA) is 38.8 Å². The Morgan fingerprint density at radius 1 is 1.12 bits per heavy atom. The van der Waals surface area contributed by atoms with E-state index in [1.54, 1.807) is 13.2 Å². The van der Waals surface area contributed by atoms with Crippen molar-refractivity contribution in [3.05, 3.63) is 23.8 Å². The van der Waals surface area contributed by atoms with Gasteiger partial charge in [0.2, 0.25) is 0 Å². The van der Waals surface area contributed by atoms with Crippen molar-refractivity contribution >= 4 is 18.2 Å². The Balaban J connectivity index is 0.00000529. The van der Waals surface area contributed by atoms with E-state index >= 15 is 0 Å². The van der Waals surface area contributed by atoms with Crippen molar-refractivity contribution in [2.75, 3.05) is 26.8 Å². The Hall–Kier alpha value is -1.26. The molecule has 0 bridgehead atoms. The number of ketones is 1. The molecule has 0 radical (unpaired) electrons. The number of unbranched alkanes of at least 4 members (excludes halogenated alkanes) is 1. The van der Waals surface area contributed by atoms with Crippen LogP contribution in [0.25, 0.3) is 0 Å². The minimum absolute atomic E-state index is 0. The summed E-state index contributed by atoms with van der Waals surface area (Å²) in [4.78, 5) is 15.2. The van der Waals surface area contributed by atoms with Crippen LogP contribution in [-0.4, -0.2) is 43.5 Å². The minimum atomic E-state index is -0.0624. The monoisotopic (exact) mass is 357 g/mol. The number of hydrogen-bond acceptors (Lipinski definition) is 4. The van der Waals surface area contributed by atoms with Crippen LogP contribution in [0.5, 0.6) is 11.5 Å². The van der Waals surface area contributed by atoms with Crippen LogP contribution in [0.1, 0.15) is 57.3 Å². The van der Waals surface area contributed by atoms with Gasteiger partial charge in [0, 0.05) is 5.56 Å². The second-order valence-corrected chi connectivity index (χ2v) is 5.54.